The molecule has 5 heteroatoms. The summed E-state index contributed by atoms with van der Waals surface area (Å²) >= 11 is 0. The fraction of sp³-hybridized carbons (Fsp3) is 0.550. The number of hydrogen-bond donors (Lipinski definition) is 1. The van der Waals surface area contributed by atoms with Gasteiger partial charge >= 0.3 is 5.97 Å². The molecule has 1 saturated carbocycles. The topological polar surface area (TPSA) is 72.5 Å². The van der Waals surface area contributed by atoms with Gasteiger partial charge < -0.3 is 10.1 Å². The minimum absolute atomic E-state index is 0.0778. The van der Waals surface area contributed by atoms with E-state index in [2.05, 4.69) is 5.32 Å². The highest BCUT2D eigenvalue weighted by atomic mass is 16.5. The molecule has 1 aliphatic carbocycles. The summed E-state index contributed by atoms with van der Waals surface area (Å²) in [5.41, 5.74) is 1.11. The maximum Gasteiger partial charge on any atom is 0.306 e. The third kappa shape index (κ3) is 6.69. The molecule has 0 unspecified atom stereocenters. The quantitative estimate of drug-likeness (QED) is 0.568. The smallest absolute Gasteiger partial charge is 0.306 e. The first kappa shape index (κ1) is 19.2. The second-order valence-corrected chi connectivity index (χ2v) is 6.61. The molecule has 1 fully saturated rings. The van der Waals surface area contributed by atoms with Gasteiger partial charge in [0.2, 0.25) is 5.91 Å². The number of ether oxygens (including phenoxy) is 1. The molecule has 0 bridgehead atoms. The summed E-state index contributed by atoms with van der Waals surface area (Å²) in [6.45, 7) is 1.54. The highest BCUT2D eigenvalue weighted by Crippen LogP contribution is 2.27. The molecule has 0 aromatic heterocycles. The van der Waals surface area contributed by atoms with Gasteiger partial charge in [0.25, 0.3) is 0 Å². The van der Waals surface area contributed by atoms with Gasteiger partial charge in [-0.15, -0.1) is 0 Å². The van der Waals surface area contributed by atoms with Gasteiger partial charge in [0, 0.05) is 24.1 Å². The Kier molecular flexibility index (Phi) is 7.64. The van der Waals surface area contributed by atoms with Crippen LogP contribution in [0.1, 0.15) is 68.6 Å². The Hall–Kier alpha value is -2.17. The highest BCUT2D eigenvalue weighted by Gasteiger charge is 2.16. The van der Waals surface area contributed by atoms with Gasteiger partial charge in [-0.05, 0) is 36.6 Å². The van der Waals surface area contributed by atoms with Gasteiger partial charge in [-0.2, -0.15) is 0 Å². The van der Waals surface area contributed by atoms with Gasteiger partial charge in [-0.1, -0.05) is 39.0 Å². The van der Waals surface area contributed by atoms with Gasteiger partial charge in [0.05, 0.1) is 0 Å². The Morgan fingerprint density at radius 3 is 2.40 bits per heavy atom. The van der Waals surface area contributed by atoms with Gasteiger partial charge in [0.15, 0.2) is 12.4 Å². The number of ketones is 1. The number of amides is 1. The molecule has 0 heterocycles. The lowest BCUT2D eigenvalue weighted by molar-refractivity contribution is -0.142. The molecule has 136 valence electrons. The van der Waals surface area contributed by atoms with E-state index in [0.717, 1.165) is 6.42 Å². The molecule has 0 atom stereocenters. The van der Waals surface area contributed by atoms with Crippen LogP contribution in [-0.2, 0) is 14.3 Å². The minimum atomic E-state index is -0.300. The number of hydrogen-bond acceptors (Lipinski definition) is 4. The van der Waals surface area contributed by atoms with Crippen LogP contribution in [0.4, 0.5) is 5.69 Å². The number of rotatable bonds is 8. The first-order valence-electron chi connectivity index (χ1n) is 9.17. The van der Waals surface area contributed by atoms with E-state index in [1.165, 1.54) is 32.1 Å². The van der Waals surface area contributed by atoms with E-state index in [0.29, 0.717) is 30.0 Å². The molecule has 0 spiro atoms. The van der Waals surface area contributed by atoms with Crippen molar-refractivity contribution < 1.29 is 19.1 Å². The Balaban J connectivity index is 1.71. The Bertz CT molecular complexity index is 588. The number of anilines is 1. The Morgan fingerprint density at radius 1 is 1.08 bits per heavy atom. The van der Waals surface area contributed by atoms with E-state index in [1.54, 1.807) is 31.2 Å². The van der Waals surface area contributed by atoms with E-state index >= 15 is 0 Å². The monoisotopic (exact) mass is 345 g/mol. The summed E-state index contributed by atoms with van der Waals surface area (Å²) in [4.78, 5) is 35.2. The minimum Gasteiger partial charge on any atom is -0.457 e. The molecule has 1 aliphatic rings. The van der Waals surface area contributed by atoms with Gasteiger partial charge in [-0.25, -0.2) is 0 Å². The average Bonchev–Trinajstić information content (AvgIpc) is 2.65. The van der Waals surface area contributed by atoms with Crippen molar-refractivity contribution in [3.05, 3.63) is 29.8 Å². The van der Waals surface area contributed by atoms with Gasteiger partial charge in [-0.3, -0.25) is 14.4 Å². The second-order valence-electron chi connectivity index (χ2n) is 6.61. The molecule has 1 aromatic carbocycles. The van der Waals surface area contributed by atoms with Crippen LogP contribution in [0.25, 0.3) is 0 Å². The van der Waals surface area contributed by atoms with Gasteiger partial charge in [0.1, 0.15) is 0 Å². The Morgan fingerprint density at radius 2 is 1.76 bits per heavy atom. The fourth-order valence-corrected chi connectivity index (χ4v) is 3.09. The number of Topliss-reactive ketones (excluding diaryl/α,β-unsaturated/α-hetero) is 1. The van der Waals surface area contributed by atoms with Crippen LogP contribution in [0.2, 0.25) is 0 Å². The maximum atomic E-state index is 12.1. The molecular formula is C20H27NO4. The molecular weight excluding hydrogens is 318 g/mol. The number of carbonyl (C=O) groups excluding carboxylic acids is 3. The van der Waals surface area contributed by atoms with Crippen molar-refractivity contribution in [2.45, 2.75) is 58.3 Å². The van der Waals surface area contributed by atoms with Crippen LogP contribution in [-0.4, -0.2) is 24.3 Å². The zero-order valence-corrected chi connectivity index (χ0v) is 14.9. The first-order chi connectivity index (χ1) is 12.1. The third-order valence-electron chi connectivity index (χ3n) is 4.66. The molecule has 5 nitrogen and oxygen atoms in total. The molecule has 0 radical (unpaired) electrons. The van der Waals surface area contributed by atoms with Crippen molar-refractivity contribution in [3.63, 3.8) is 0 Å². The SMILES string of the molecule is CCC(=O)Nc1ccc(C(=O)COC(=O)CCC2CCCCC2)cc1. The third-order valence-corrected chi connectivity index (χ3v) is 4.66. The van der Waals surface area contributed by atoms with Crippen molar-refractivity contribution in [2.24, 2.45) is 5.92 Å². The first-order valence-corrected chi connectivity index (χ1v) is 9.17. The van der Waals surface area contributed by atoms with E-state index in [1.807, 2.05) is 0 Å². The number of carbonyl (C=O) groups is 3. The van der Waals surface area contributed by atoms with Crippen molar-refractivity contribution in [2.75, 3.05) is 11.9 Å². The van der Waals surface area contributed by atoms with Crippen molar-refractivity contribution in [3.8, 4) is 0 Å². The molecule has 0 saturated heterocycles. The number of esters is 1. The lowest BCUT2D eigenvalue weighted by Gasteiger charge is -2.20. The number of nitrogens with one attached hydrogen (secondary N) is 1. The van der Waals surface area contributed by atoms with E-state index in [9.17, 15) is 14.4 Å². The summed E-state index contributed by atoms with van der Waals surface area (Å²) in [6.07, 6.45) is 7.87. The molecule has 0 aliphatic heterocycles. The second kappa shape index (κ2) is 9.97. The Labute approximate surface area is 149 Å². The van der Waals surface area contributed by atoms with Crippen LogP contribution >= 0.6 is 0 Å². The van der Waals surface area contributed by atoms with Crippen LogP contribution in [0.3, 0.4) is 0 Å². The molecule has 1 amide bonds. The lowest BCUT2D eigenvalue weighted by Crippen LogP contribution is -2.16. The van der Waals surface area contributed by atoms with Crippen LogP contribution in [0.5, 0.6) is 0 Å². The zero-order valence-electron chi connectivity index (χ0n) is 14.9. The van der Waals surface area contributed by atoms with E-state index in [-0.39, 0.29) is 24.3 Å². The normalized spacial score (nSPS) is 14.8. The van der Waals surface area contributed by atoms with Crippen molar-refractivity contribution >= 4 is 23.3 Å². The van der Waals surface area contributed by atoms with Crippen LogP contribution in [0.15, 0.2) is 24.3 Å². The zero-order chi connectivity index (χ0) is 18.1. The molecule has 25 heavy (non-hydrogen) atoms. The average molecular weight is 345 g/mol. The van der Waals surface area contributed by atoms with E-state index < -0.39 is 0 Å². The summed E-state index contributed by atoms with van der Waals surface area (Å²) in [5, 5.41) is 2.72. The van der Waals surface area contributed by atoms with Crippen LogP contribution < -0.4 is 5.32 Å². The van der Waals surface area contributed by atoms with Crippen LogP contribution in [0, 0.1) is 5.92 Å². The highest BCUT2D eigenvalue weighted by molar-refractivity contribution is 5.98. The molecule has 1 N–H and O–H groups in total. The molecule has 2 rings (SSSR count). The predicted octanol–water partition coefficient (Wildman–Crippen LogP) is 4.12. The summed E-state index contributed by atoms with van der Waals surface area (Å²) in [7, 11) is 0. The van der Waals surface area contributed by atoms with E-state index in [4.69, 9.17) is 4.74 Å². The number of benzene rings is 1. The molecule has 1 aromatic rings. The summed E-state index contributed by atoms with van der Waals surface area (Å²) in [6, 6.07) is 6.60. The van der Waals surface area contributed by atoms with Crippen molar-refractivity contribution in [1.82, 2.24) is 0 Å². The van der Waals surface area contributed by atoms with Crippen molar-refractivity contribution in [1.29, 1.82) is 0 Å². The lowest BCUT2D eigenvalue weighted by atomic mass is 9.86. The fourth-order valence-electron chi connectivity index (χ4n) is 3.09. The summed E-state index contributed by atoms with van der Waals surface area (Å²) in [5.74, 6) is 0.0130. The summed E-state index contributed by atoms with van der Waals surface area (Å²) < 4.78 is 5.10. The standard InChI is InChI=1S/C20H27NO4/c1-2-19(23)21-17-11-9-16(10-12-17)18(22)14-25-20(24)13-8-15-6-4-3-5-7-15/h9-12,15H,2-8,13-14H2,1H3,(H,21,23). The maximum absolute atomic E-state index is 12.1. The largest absolute Gasteiger partial charge is 0.457 e. The predicted molar refractivity (Wildman–Crippen MR) is 96.5 cm³/mol.